The minimum Gasteiger partial charge on any atom is -0.370 e. The van der Waals surface area contributed by atoms with E-state index < -0.39 is 0 Å². The largest absolute Gasteiger partial charge is 0.370 e. The molecule has 5 N–H and O–H groups in total. The molecule has 0 fully saturated rings. The first-order valence-electron chi connectivity index (χ1n) is 4.07. The van der Waals surface area contributed by atoms with Gasteiger partial charge in [0.05, 0.1) is 6.67 Å². The first-order chi connectivity index (χ1) is 6.24. The van der Waals surface area contributed by atoms with Gasteiger partial charge in [-0.1, -0.05) is 30.3 Å². The van der Waals surface area contributed by atoms with E-state index in [-0.39, 0.29) is 12.6 Å². The highest BCUT2D eigenvalue weighted by molar-refractivity contribution is 5.74. The average Bonchev–Trinajstić information content (AvgIpc) is 2.15. The van der Waals surface area contributed by atoms with Crippen LogP contribution in [0.1, 0.15) is 5.56 Å². The van der Waals surface area contributed by atoms with Crippen LogP contribution in [-0.2, 0) is 6.54 Å². The van der Waals surface area contributed by atoms with E-state index in [1.807, 2.05) is 30.3 Å². The number of guanidine groups is 1. The number of nitrogens with one attached hydrogen (secondary N) is 1. The molecule has 4 nitrogen and oxygen atoms in total. The number of nitrogens with zero attached hydrogens (tertiary/aromatic N) is 1. The maximum Gasteiger partial charge on any atom is 0.189 e. The van der Waals surface area contributed by atoms with Gasteiger partial charge in [0.15, 0.2) is 5.96 Å². The second-order valence-electron chi connectivity index (χ2n) is 2.75. The molecule has 0 saturated heterocycles. The Balaban J connectivity index is 2.62. The van der Waals surface area contributed by atoms with Gasteiger partial charge in [-0.3, -0.25) is 5.41 Å². The first kappa shape index (κ1) is 9.54. The Morgan fingerprint density at radius 1 is 1.31 bits per heavy atom. The zero-order valence-corrected chi connectivity index (χ0v) is 7.40. The molecular formula is C9H14N4. The normalized spacial score (nSPS) is 9.62. The zero-order valence-electron chi connectivity index (χ0n) is 7.40. The van der Waals surface area contributed by atoms with Gasteiger partial charge >= 0.3 is 0 Å². The van der Waals surface area contributed by atoms with Crippen molar-refractivity contribution in [3.8, 4) is 0 Å². The average molecular weight is 178 g/mol. The molecule has 0 aliphatic rings. The molecule has 0 spiro atoms. The van der Waals surface area contributed by atoms with Crippen LogP contribution in [0.15, 0.2) is 30.3 Å². The van der Waals surface area contributed by atoms with E-state index in [0.29, 0.717) is 6.54 Å². The van der Waals surface area contributed by atoms with Gasteiger partial charge < -0.3 is 16.4 Å². The van der Waals surface area contributed by atoms with Crippen molar-refractivity contribution >= 4 is 5.96 Å². The Labute approximate surface area is 77.7 Å². The van der Waals surface area contributed by atoms with E-state index in [2.05, 4.69) is 0 Å². The molecule has 0 aliphatic heterocycles. The maximum atomic E-state index is 7.22. The molecule has 0 amide bonds. The predicted octanol–water partition coefficient (Wildman–Crippen LogP) is 0.298. The van der Waals surface area contributed by atoms with E-state index in [9.17, 15) is 0 Å². The van der Waals surface area contributed by atoms with Gasteiger partial charge in [0.1, 0.15) is 0 Å². The monoisotopic (exact) mass is 178 g/mol. The fourth-order valence-corrected chi connectivity index (χ4v) is 1.05. The Morgan fingerprint density at radius 3 is 2.38 bits per heavy atom. The molecule has 0 saturated carbocycles. The van der Waals surface area contributed by atoms with Crippen LogP contribution in [0.2, 0.25) is 0 Å². The van der Waals surface area contributed by atoms with Crippen LogP contribution in [0.25, 0.3) is 0 Å². The van der Waals surface area contributed by atoms with E-state index in [0.717, 1.165) is 5.56 Å². The molecule has 1 aromatic carbocycles. The second-order valence-corrected chi connectivity index (χ2v) is 2.75. The summed E-state index contributed by atoms with van der Waals surface area (Å²) in [5.74, 6) is 0.00588. The minimum absolute atomic E-state index is 0.00588. The third kappa shape index (κ3) is 2.76. The molecule has 0 atom stereocenters. The first-order valence-corrected chi connectivity index (χ1v) is 4.07. The number of hydrogen-bond donors (Lipinski definition) is 3. The zero-order chi connectivity index (χ0) is 9.68. The predicted molar refractivity (Wildman–Crippen MR) is 53.0 cm³/mol. The smallest absolute Gasteiger partial charge is 0.189 e. The van der Waals surface area contributed by atoms with Gasteiger partial charge in [-0.05, 0) is 5.56 Å². The summed E-state index contributed by atoms with van der Waals surface area (Å²) in [7, 11) is 0. The van der Waals surface area contributed by atoms with Crippen molar-refractivity contribution < 1.29 is 0 Å². The van der Waals surface area contributed by atoms with E-state index >= 15 is 0 Å². The van der Waals surface area contributed by atoms with E-state index in [4.69, 9.17) is 16.9 Å². The third-order valence-electron chi connectivity index (χ3n) is 1.78. The number of nitrogens with two attached hydrogens (primary N) is 2. The Kier molecular flexibility index (Phi) is 3.28. The lowest BCUT2D eigenvalue weighted by Gasteiger charge is -2.19. The summed E-state index contributed by atoms with van der Waals surface area (Å²) < 4.78 is 0. The number of benzene rings is 1. The molecule has 1 aromatic rings. The summed E-state index contributed by atoms with van der Waals surface area (Å²) in [4.78, 5) is 1.59. The fraction of sp³-hybridized carbons (Fsp3) is 0.222. The number of hydrogen-bond acceptors (Lipinski definition) is 2. The summed E-state index contributed by atoms with van der Waals surface area (Å²) in [5, 5.41) is 7.22. The molecule has 0 bridgehead atoms. The van der Waals surface area contributed by atoms with Crippen LogP contribution >= 0.6 is 0 Å². The van der Waals surface area contributed by atoms with Gasteiger partial charge in [0, 0.05) is 6.54 Å². The van der Waals surface area contributed by atoms with Crippen molar-refractivity contribution in [1.82, 2.24) is 4.90 Å². The van der Waals surface area contributed by atoms with Crippen molar-refractivity contribution in [3.63, 3.8) is 0 Å². The van der Waals surface area contributed by atoms with E-state index in [1.165, 1.54) is 0 Å². The van der Waals surface area contributed by atoms with Crippen molar-refractivity contribution in [2.75, 3.05) is 6.67 Å². The lowest BCUT2D eigenvalue weighted by atomic mass is 10.2. The quantitative estimate of drug-likeness (QED) is 0.354. The summed E-state index contributed by atoms with van der Waals surface area (Å²) in [5.41, 5.74) is 11.9. The van der Waals surface area contributed by atoms with Gasteiger partial charge in [-0.25, -0.2) is 0 Å². The molecule has 0 aromatic heterocycles. The highest BCUT2D eigenvalue weighted by Crippen LogP contribution is 2.01. The molecule has 4 heteroatoms. The van der Waals surface area contributed by atoms with Crippen LogP contribution in [0.3, 0.4) is 0 Å². The standard InChI is InChI=1S/C9H14N4/c10-7-13(9(11)12)6-8-4-2-1-3-5-8/h1-5H,6-7,10H2,(H3,11,12). The minimum atomic E-state index is 0.00588. The fourth-order valence-electron chi connectivity index (χ4n) is 1.05. The summed E-state index contributed by atoms with van der Waals surface area (Å²) in [6, 6.07) is 9.80. The molecule has 0 heterocycles. The molecule has 0 radical (unpaired) electrons. The highest BCUT2D eigenvalue weighted by Gasteiger charge is 2.03. The molecule has 70 valence electrons. The van der Waals surface area contributed by atoms with E-state index in [1.54, 1.807) is 4.90 Å². The summed E-state index contributed by atoms with van der Waals surface area (Å²) in [6.45, 7) is 0.858. The van der Waals surface area contributed by atoms with Crippen LogP contribution in [0, 0.1) is 5.41 Å². The molecular weight excluding hydrogens is 164 g/mol. The van der Waals surface area contributed by atoms with Crippen LogP contribution < -0.4 is 11.5 Å². The Hall–Kier alpha value is -1.55. The number of rotatable bonds is 3. The van der Waals surface area contributed by atoms with Crippen LogP contribution in [0.5, 0.6) is 0 Å². The van der Waals surface area contributed by atoms with Crippen molar-refractivity contribution in [2.24, 2.45) is 11.5 Å². The van der Waals surface area contributed by atoms with Gasteiger partial charge in [0.2, 0.25) is 0 Å². The van der Waals surface area contributed by atoms with Gasteiger partial charge in [0.25, 0.3) is 0 Å². The second kappa shape index (κ2) is 4.47. The SMILES string of the molecule is N=C(N)N(CN)Cc1ccccc1. The maximum absolute atomic E-state index is 7.22. The summed E-state index contributed by atoms with van der Waals surface area (Å²) in [6.07, 6.45) is 0. The van der Waals surface area contributed by atoms with Crippen molar-refractivity contribution in [3.05, 3.63) is 35.9 Å². The lowest BCUT2D eigenvalue weighted by molar-refractivity contribution is 0.417. The topological polar surface area (TPSA) is 79.1 Å². The third-order valence-corrected chi connectivity index (χ3v) is 1.78. The molecule has 0 aliphatic carbocycles. The van der Waals surface area contributed by atoms with Gasteiger partial charge in [-0.2, -0.15) is 0 Å². The highest BCUT2D eigenvalue weighted by atomic mass is 15.3. The summed E-state index contributed by atoms with van der Waals surface area (Å²) >= 11 is 0. The Bertz CT molecular complexity index is 270. The molecule has 0 unspecified atom stereocenters. The molecule has 1 rings (SSSR count). The molecule has 13 heavy (non-hydrogen) atoms. The van der Waals surface area contributed by atoms with Gasteiger partial charge in [-0.15, -0.1) is 0 Å². The van der Waals surface area contributed by atoms with Crippen molar-refractivity contribution in [2.45, 2.75) is 6.54 Å². The van der Waals surface area contributed by atoms with Crippen molar-refractivity contribution in [1.29, 1.82) is 5.41 Å². The lowest BCUT2D eigenvalue weighted by Crippen LogP contribution is -2.39. The van der Waals surface area contributed by atoms with Crippen LogP contribution in [-0.4, -0.2) is 17.5 Å². The van der Waals surface area contributed by atoms with Crippen LogP contribution in [0.4, 0.5) is 0 Å². The Morgan fingerprint density at radius 2 is 1.92 bits per heavy atom.